The molecule has 0 unspecified atom stereocenters. The normalized spacial score (nSPS) is 14.8. The number of hydrogen-bond acceptors (Lipinski definition) is 2. The molecule has 2 rings (SSSR count). The van der Waals surface area contributed by atoms with Crippen molar-refractivity contribution in [1.82, 2.24) is 4.90 Å². The molecule has 0 heterocycles. The molecule has 0 spiro atoms. The van der Waals surface area contributed by atoms with Gasteiger partial charge >= 0.3 is 0 Å². The minimum atomic E-state index is 0.0955. The molecule has 1 aliphatic carbocycles. The summed E-state index contributed by atoms with van der Waals surface area (Å²) in [7, 11) is 1.63. The topological polar surface area (TPSA) is 29.5 Å². The molecule has 1 amide bonds. The van der Waals surface area contributed by atoms with Crippen LogP contribution in [0, 0.1) is 6.92 Å². The van der Waals surface area contributed by atoms with E-state index in [4.69, 9.17) is 16.3 Å². The summed E-state index contributed by atoms with van der Waals surface area (Å²) in [6.45, 7) is 2.72. The van der Waals surface area contributed by atoms with Crippen LogP contribution in [0.25, 0.3) is 0 Å². The third kappa shape index (κ3) is 3.26. The highest BCUT2D eigenvalue weighted by molar-refractivity contribution is 6.17. The van der Waals surface area contributed by atoms with Crippen LogP contribution in [0.3, 0.4) is 0 Å². The van der Waals surface area contributed by atoms with E-state index in [0.717, 1.165) is 37.1 Å². The fourth-order valence-corrected chi connectivity index (χ4v) is 2.62. The van der Waals surface area contributed by atoms with Crippen LogP contribution in [0.5, 0.6) is 5.75 Å². The average Bonchev–Trinajstić information content (AvgIpc) is 2.41. The third-order valence-corrected chi connectivity index (χ3v) is 4.23. The number of carbonyl (C=O) groups is 1. The maximum absolute atomic E-state index is 12.7. The molecule has 4 heteroatoms. The Labute approximate surface area is 125 Å². The predicted octanol–water partition coefficient (Wildman–Crippen LogP) is 3.63. The Morgan fingerprint density at radius 3 is 2.75 bits per heavy atom. The van der Waals surface area contributed by atoms with Crippen molar-refractivity contribution < 1.29 is 9.53 Å². The summed E-state index contributed by atoms with van der Waals surface area (Å²) in [5, 5.41) is 0. The molecule has 20 heavy (non-hydrogen) atoms. The summed E-state index contributed by atoms with van der Waals surface area (Å²) in [5.74, 6) is 1.45. The Balaban J connectivity index is 2.17. The van der Waals surface area contributed by atoms with E-state index in [1.165, 1.54) is 6.42 Å². The lowest BCUT2D eigenvalue weighted by Gasteiger charge is -2.37. The van der Waals surface area contributed by atoms with Gasteiger partial charge in [0, 0.05) is 24.0 Å². The van der Waals surface area contributed by atoms with E-state index in [9.17, 15) is 4.79 Å². The number of carbonyl (C=O) groups excluding carboxylic acids is 1. The minimum absolute atomic E-state index is 0.0955. The highest BCUT2D eigenvalue weighted by atomic mass is 35.5. The lowest BCUT2D eigenvalue weighted by Crippen LogP contribution is -2.44. The van der Waals surface area contributed by atoms with E-state index in [1.807, 2.05) is 30.0 Å². The third-order valence-electron chi connectivity index (χ3n) is 3.96. The molecule has 1 saturated carbocycles. The molecular formula is C16H22ClNO2. The van der Waals surface area contributed by atoms with Crippen molar-refractivity contribution in [3.63, 3.8) is 0 Å². The largest absolute Gasteiger partial charge is 0.496 e. The molecule has 0 aromatic heterocycles. The Hall–Kier alpha value is -1.22. The van der Waals surface area contributed by atoms with Gasteiger partial charge in [0.2, 0.25) is 0 Å². The highest BCUT2D eigenvalue weighted by Crippen LogP contribution is 2.28. The van der Waals surface area contributed by atoms with Gasteiger partial charge < -0.3 is 9.64 Å². The first-order chi connectivity index (χ1) is 9.67. The van der Waals surface area contributed by atoms with Gasteiger partial charge in [0.1, 0.15) is 5.75 Å². The Bertz CT molecular complexity index is 472. The Kier molecular flexibility index (Phi) is 5.30. The summed E-state index contributed by atoms with van der Waals surface area (Å²) < 4.78 is 5.31. The van der Waals surface area contributed by atoms with Crippen molar-refractivity contribution in [2.45, 2.75) is 38.6 Å². The highest BCUT2D eigenvalue weighted by Gasteiger charge is 2.29. The summed E-state index contributed by atoms with van der Waals surface area (Å²) in [5.41, 5.74) is 1.74. The van der Waals surface area contributed by atoms with E-state index < -0.39 is 0 Å². The zero-order valence-electron chi connectivity index (χ0n) is 12.2. The number of amides is 1. The number of methoxy groups -OCH3 is 1. The smallest absolute Gasteiger partial charge is 0.254 e. The standard InChI is InChI=1S/C16H22ClNO2/c1-12-7-8-13(11-15(12)20-2)16(19)18(10-4-9-17)14-5-3-6-14/h7-8,11,14H,3-6,9-10H2,1-2H3. The average molecular weight is 296 g/mol. The molecule has 0 atom stereocenters. The van der Waals surface area contributed by atoms with Crippen molar-refractivity contribution in [3.05, 3.63) is 29.3 Å². The van der Waals surface area contributed by atoms with Crippen LogP contribution in [0.1, 0.15) is 41.6 Å². The number of halogens is 1. The van der Waals surface area contributed by atoms with Gasteiger partial charge in [-0.1, -0.05) is 6.07 Å². The van der Waals surface area contributed by atoms with Crippen LogP contribution in [-0.4, -0.2) is 36.4 Å². The van der Waals surface area contributed by atoms with Gasteiger partial charge in [0.25, 0.3) is 5.91 Å². The van der Waals surface area contributed by atoms with E-state index >= 15 is 0 Å². The minimum Gasteiger partial charge on any atom is -0.496 e. The van der Waals surface area contributed by atoms with Crippen LogP contribution in [0.2, 0.25) is 0 Å². The van der Waals surface area contributed by atoms with Crippen LogP contribution in [-0.2, 0) is 0 Å². The molecule has 0 bridgehead atoms. The second-order valence-corrected chi connectivity index (χ2v) is 5.69. The fraction of sp³-hybridized carbons (Fsp3) is 0.562. The van der Waals surface area contributed by atoms with Crippen molar-refractivity contribution >= 4 is 17.5 Å². The lowest BCUT2D eigenvalue weighted by molar-refractivity contribution is 0.0580. The van der Waals surface area contributed by atoms with Gasteiger partial charge in [-0.15, -0.1) is 11.6 Å². The predicted molar refractivity (Wildman–Crippen MR) is 81.7 cm³/mol. The van der Waals surface area contributed by atoms with E-state index in [1.54, 1.807) is 7.11 Å². The summed E-state index contributed by atoms with van der Waals surface area (Å²) in [4.78, 5) is 14.7. The van der Waals surface area contributed by atoms with Gasteiger partial charge in [-0.05, 0) is 50.3 Å². The molecule has 1 fully saturated rings. The number of nitrogens with zero attached hydrogens (tertiary/aromatic N) is 1. The lowest BCUT2D eigenvalue weighted by atomic mass is 9.90. The molecule has 1 aromatic carbocycles. The maximum atomic E-state index is 12.7. The number of alkyl halides is 1. The van der Waals surface area contributed by atoms with E-state index in [0.29, 0.717) is 17.5 Å². The molecule has 0 radical (unpaired) electrons. The summed E-state index contributed by atoms with van der Waals surface area (Å²) in [6.07, 6.45) is 4.27. The number of rotatable bonds is 6. The first-order valence-electron chi connectivity index (χ1n) is 7.19. The van der Waals surface area contributed by atoms with Crippen molar-refractivity contribution in [2.24, 2.45) is 0 Å². The number of aryl methyl sites for hydroxylation is 1. The van der Waals surface area contributed by atoms with Crippen molar-refractivity contribution in [3.8, 4) is 5.75 Å². The zero-order valence-corrected chi connectivity index (χ0v) is 12.9. The first-order valence-corrected chi connectivity index (χ1v) is 7.72. The molecule has 110 valence electrons. The van der Waals surface area contributed by atoms with Gasteiger partial charge in [0.05, 0.1) is 7.11 Å². The van der Waals surface area contributed by atoms with Crippen molar-refractivity contribution in [1.29, 1.82) is 0 Å². The number of benzene rings is 1. The quantitative estimate of drug-likeness (QED) is 0.750. The van der Waals surface area contributed by atoms with Crippen LogP contribution < -0.4 is 4.74 Å². The number of hydrogen-bond donors (Lipinski definition) is 0. The van der Waals surface area contributed by atoms with Crippen LogP contribution >= 0.6 is 11.6 Å². The number of ether oxygens (including phenoxy) is 1. The molecule has 3 nitrogen and oxygen atoms in total. The van der Waals surface area contributed by atoms with E-state index in [-0.39, 0.29) is 5.91 Å². The maximum Gasteiger partial charge on any atom is 0.254 e. The summed E-state index contributed by atoms with van der Waals surface area (Å²) >= 11 is 5.77. The van der Waals surface area contributed by atoms with Crippen LogP contribution in [0.15, 0.2) is 18.2 Å². The zero-order chi connectivity index (χ0) is 14.5. The second-order valence-electron chi connectivity index (χ2n) is 5.31. The molecule has 0 saturated heterocycles. The second kappa shape index (κ2) is 6.98. The molecular weight excluding hydrogens is 274 g/mol. The fourth-order valence-electron chi connectivity index (χ4n) is 2.50. The van der Waals surface area contributed by atoms with Gasteiger partial charge in [-0.2, -0.15) is 0 Å². The van der Waals surface area contributed by atoms with Crippen LogP contribution in [0.4, 0.5) is 0 Å². The van der Waals surface area contributed by atoms with Gasteiger partial charge in [-0.3, -0.25) is 4.79 Å². The monoisotopic (exact) mass is 295 g/mol. The van der Waals surface area contributed by atoms with Crippen molar-refractivity contribution in [2.75, 3.05) is 19.5 Å². The SMILES string of the molecule is COc1cc(C(=O)N(CCCCl)C2CCC2)ccc1C. The molecule has 0 aliphatic heterocycles. The molecule has 1 aromatic rings. The molecule has 1 aliphatic rings. The van der Waals surface area contributed by atoms with Gasteiger partial charge in [0.15, 0.2) is 0 Å². The Morgan fingerprint density at radius 2 is 2.20 bits per heavy atom. The summed E-state index contributed by atoms with van der Waals surface area (Å²) in [6, 6.07) is 6.04. The van der Waals surface area contributed by atoms with Gasteiger partial charge in [-0.25, -0.2) is 0 Å². The van der Waals surface area contributed by atoms with E-state index in [2.05, 4.69) is 0 Å². The Morgan fingerprint density at radius 1 is 1.45 bits per heavy atom. The first kappa shape index (κ1) is 15.2. The molecule has 0 N–H and O–H groups in total.